The number of likely N-dealkylation sites (tertiary alicyclic amines) is 1. The van der Waals surface area contributed by atoms with Crippen molar-refractivity contribution < 1.29 is 14.9 Å². The van der Waals surface area contributed by atoms with Crippen molar-refractivity contribution in [3.63, 3.8) is 0 Å². The zero-order valence-corrected chi connectivity index (χ0v) is 9.89. The van der Waals surface area contributed by atoms with E-state index >= 15 is 0 Å². The topological polar surface area (TPSA) is 52.9 Å². The van der Waals surface area contributed by atoms with Gasteiger partial charge in [0, 0.05) is 26.7 Å². The Morgan fingerprint density at radius 1 is 1.27 bits per heavy atom. The molecule has 1 saturated heterocycles. The number of methoxy groups -OCH3 is 1. The molecule has 1 aliphatic heterocycles. The van der Waals surface area contributed by atoms with E-state index in [1.54, 1.807) is 7.11 Å². The Morgan fingerprint density at radius 3 is 2.20 bits per heavy atom. The monoisotopic (exact) mass is 217 g/mol. The first-order valence-electron chi connectivity index (χ1n) is 5.62. The van der Waals surface area contributed by atoms with Crippen molar-refractivity contribution in [3.8, 4) is 0 Å². The fourth-order valence-corrected chi connectivity index (χ4v) is 2.00. The maximum Gasteiger partial charge on any atom is 0.0938 e. The second kappa shape index (κ2) is 5.80. The van der Waals surface area contributed by atoms with Gasteiger partial charge in [0.25, 0.3) is 0 Å². The first-order valence-corrected chi connectivity index (χ1v) is 5.62. The van der Waals surface area contributed by atoms with E-state index in [1.165, 1.54) is 0 Å². The van der Waals surface area contributed by atoms with Crippen molar-refractivity contribution in [3.05, 3.63) is 0 Å². The van der Waals surface area contributed by atoms with Gasteiger partial charge in [0.2, 0.25) is 0 Å². The van der Waals surface area contributed by atoms with E-state index < -0.39 is 12.2 Å². The highest BCUT2D eigenvalue weighted by molar-refractivity contribution is 4.84. The van der Waals surface area contributed by atoms with Crippen molar-refractivity contribution in [2.45, 2.75) is 26.1 Å². The predicted molar refractivity (Wildman–Crippen MR) is 58.7 cm³/mol. The molecule has 90 valence electrons. The maximum atomic E-state index is 9.43. The molecule has 0 radical (unpaired) electrons. The first kappa shape index (κ1) is 12.9. The number of aliphatic hydroxyl groups is 2. The number of ether oxygens (including phenoxy) is 1. The SMILES string of the molecule is COCC(CN1C[C@@H](O)[C@@H](O)C1)C(C)C. The molecule has 4 heteroatoms. The van der Waals surface area contributed by atoms with Crippen LogP contribution in [0.1, 0.15) is 13.8 Å². The van der Waals surface area contributed by atoms with Gasteiger partial charge in [-0.25, -0.2) is 0 Å². The van der Waals surface area contributed by atoms with Crippen LogP contribution in [-0.2, 0) is 4.74 Å². The molecule has 0 aromatic heterocycles. The Morgan fingerprint density at radius 2 is 1.80 bits per heavy atom. The summed E-state index contributed by atoms with van der Waals surface area (Å²) in [6.07, 6.45) is -1.17. The van der Waals surface area contributed by atoms with Crippen LogP contribution in [0.25, 0.3) is 0 Å². The molecule has 1 rings (SSSR count). The fraction of sp³-hybridized carbons (Fsp3) is 1.00. The minimum Gasteiger partial charge on any atom is -0.389 e. The summed E-state index contributed by atoms with van der Waals surface area (Å²) in [7, 11) is 1.71. The molecule has 2 N–H and O–H groups in total. The number of hydrogen-bond donors (Lipinski definition) is 2. The van der Waals surface area contributed by atoms with E-state index in [0.29, 0.717) is 24.9 Å². The van der Waals surface area contributed by atoms with Gasteiger partial charge in [-0.3, -0.25) is 4.90 Å². The summed E-state index contributed by atoms with van der Waals surface area (Å²) in [6, 6.07) is 0. The molecule has 1 heterocycles. The number of aliphatic hydroxyl groups excluding tert-OH is 2. The van der Waals surface area contributed by atoms with E-state index in [4.69, 9.17) is 4.74 Å². The third-order valence-corrected chi connectivity index (χ3v) is 3.15. The normalized spacial score (nSPS) is 30.0. The molecule has 0 aliphatic carbocycles. The van der Waals surface area contributed by atoms with Crippen LogP contribution in [0.3, 0.4) is 0 Å². The van der Waals surface area contributed by atoms with Crippen LogP contribution in [-0.4, -0.2) is 60.7 Å². The number of nitrogens with zero attached hydrogens (tertiary/aromatic N) is 1. The lowest BCUT2D eigenvalue weighted by Crippen LogP contribution is -2.33. The summed E-state index contributed by atoms with van der Waals surface area (Å²) in [5.41, 5.74) is 0. The van der Waals surface area contributed by atoms with Gasteiger partial charge in [-0.1, -0.05) is 13.8 Å². The minimum absolute atomic E-state index is 0.465. The fourth-order valence-electron chi connectivity index (χ4n) is 2.00. The van der Waals surface area contributed by atoms with Crippen molar-refractivity contribution in [2.24, 2.45) is 11.8 Å². The molecular weight excluding hydrogens is 194 g/mol. The lowest BCUT2D eigenvalue weighted by molar-refractivity contribution is 0.0572. The summed E-state index contributed by atoms with van der Waals surface area (Å²) in [4.78, 5) is 2.11. The molecule has 1 fully saturated rings. The van der Waals surface area contributed by atoms with Crippen molar-refractivity contribution >= 4 is 0 Å². The minimum atomic E-state index is -0.583. The molecule has 0 saturated carbocycles. The van der Waals surface area contributed by atoms with E-state index in [0.717, 1.165) is 13.2 Å². The lowest BCUT2D eigenvalue weighted by atomic mass is 9.96. The molecule has 15 heavy (non-hydrogen) atoms. The van der Waals surface area contributed by atoms with Gasteiger partial charge in [0.1, 0.15) is 0 Å². The van der Waals surface area contributed by atoms with Crippen molar-refractivity contribution in [2.75, 3.05) is 33.4 Å². The summed E-state index contributed by atoms with van der Waals surface area (Å²) in [6.45, 7) is 7.13. The molecule has 1 unspecified atom stereocenters. The summed E-state index contributed by atoms with van der Waals surface area (Å²) >= 11 is 0. The van der Waals surface area contributed by atoms with Crippen LogP contribution in [0.5, 0.6) is 0 Å². The number of rotatable bonds is 5. The Hall–Kier alpha value is -0.160. The van der Waals surface area contributed by atoms with Gasteiger partial charge < -0.3 is 14.9 Å². The molecule has 0 aromatic carbocycles. The summed E-state index contributed by atoms with van der Waals surface area (Å²) in [5.74, 6) is 1.02. The molecule has 0 amide bonds. The Kier molecular flexibility index (Phi) is 4.99. The highest BCUT2D eigenvalue weighted by Crippen LogP contribution is 2.17. The highest BCUT2D eigenvalue weighted by Gasteiger charge is 2.31. The van der Waals surface area contributed by atoms with Gasteiger partial charge in [-0.05, 0) is 11.8 Å². The van der Waals surface area contributed by atoms with E-state index in [2.05, 4.69) is 18.7 Å². The third-order valence-electron chi connectivity index (χ3n) is 3.15. The average Bonchev–Trinajstić information content (AvgIpc) is 2.45. The molecule has 1 aliphatic rings. The van der Waals surface area contributed by atoms with Crippen molar-refractivity contribution in [1.29, 1.82) is 0 Å². The van der Waals surface area contributed by atoms with Crippen LogP contribution in [0.4, 0.5) is 0 Å². The standard InChI is InChI=1S/C11H23NO3/c1-8(2)9(7-15-3)4-12-5-10(13)11(14)6-12/h8-11,13-14H,4-7H2,1-3H3/t9?,10-,11+. The Bertz CT molecular complexity index is 177. The van der Waals surface area contributed by atoms with Crippen LogP contribution in [0.15, 0.2) is 0 Å². The average molecular weight is 217 g/mol. The summed E-state index contributed by atoms with van der Waals surface area (Å²) in [5, 5.41) is 18.9. The Labute approximate surface area is 91.8 Å². The number of hydrogen-bond acceptors (Lipinski definition) is 4. The molecule has 4 nitrogen and oxygen atoms in total. The van der Waals surface area contributed by atoms with E-state index in [-0.39, 0.29) is 0 Å². The molecule has 0 bridgehead atoms. The van der Waals surface area contributed by atoms with Gasteiger partial charge in [-0.15, -0.1) is 0 Å². The molecule has 0 spiro atoms. The zero-order chi connectivity index (χ0) is 11.4. The van der Waals surface area contributed by atoms with Crippen LogP contribution >= 0.6 is 0 Å². The van der Waals surface area contributed by atoms with Gasteiger partial charge in [-0.2, -0.15) is 0 Å². The lowest BCUT2D eigenvalue weighted by Gasteiger charge is -2.25. The van der Waals surface area contributed by atoms with Gasteiger partial charge in [0.15, 0.2) is 0 Å². The van der Waals surface area contributed by atoms with E-state index in [9.17, 15) is 10.2 Å². The Balaban J connectivity index is 2.38. The van der Waals surface area contributed by atoms with Crippen LogP contribution in [0, 0.1) is 11.8 Å². The smallest absolute Gasteiger partial charge is 0.0938 e. The van der Waals surface area contributed by atoms with Crippen molar-refractivity contribution in [1.82, 2.24) is 4.90 Å². The van der Waals surface area contributed by atoms with Crippen LogP contribution in [0.2, 0.25) is 0 Å². The van der Waals surface area contributed by atoms with Gasteiger partial charge >= 0.3 is 0 Å². The maximum absolute atomic E-state index is 9.43. The predicted octanol–water partition coefficient (Wildman–Crippen LogP) is -0.0576. The third kappa shape index (κ3) is 3.72. The largest absolute Gasteiger partial charge is 0.389 e. The molecular formula is C11H23NO3. The molecule has 0 aromatic rings. The van der Waals surface area contributed by atoms with Crippen LogP contribution < -0.4 is 0 Å². The number of β-amino-alcohol motifs (C(OH)–C–C–N with tert-alkyl or cyclic N) is 2. The molecule has 3 atom stereocenters. The quantitative estimate of drug-likeness (QED) is 0.677. The zero-order valence-electron chi connectivity index (χ0n) is 9.89. The highest BCUT2D eigenvalue weighted by atomic mass is 16.5. The second-order valence-electron chi connectivity index (χ2n) is 4.81. The first-order chi connectivity index (χ1) is 7.04. The van der Waals surface area contributed by atoms with E-state index in [1.807, 2.05) is 0 Å². The summed E-state index contributed by atoms with van der Waals surface area (Å²) < 4.78 is 5.18. The second-order valence-corrected chi connectivity index (χ2v) is 4.81. The van der Waals surface area contributed by atoms with Gasteiger partial charge in [0.05, 0.1) is 18.8 Å².